The van der Waals surface area contributed by atoms with Crippen molar-refractivity contribution in [3.05, 3.63) is 129 Å². The number of carbonyl (C=O) groups is 2. The van der Waals surface area contributed by atoms with E-state index in [1.165, 1.54) is 7.11 Å². The molecule has 42 heteroatoms. The van der Waals surface area contributed by atoms with Crippen LogP contribution in [0, 0.1) is 25.2 Å². The molecule has 20 unspecified atom stereocenters. The summed E-state index contributed by atoms with van der Waals surface area (Å²) in [4.78, 5) is 32.2. The first-order valence-corrected chi connectivity index (χ1v) is 81.1. The van der Waals surface area contributed by atoms with E-state index >= 15 is 0 Å². The topological polar surface area (TPSA) is 115 Å². The Bertz CT molecular complexity index is 2940. The van der Waals surface area contributed by atoms with Gasteiger partial charge in [-0.2, -0.15) is 5.26 Å². The highest BCUT2D eigenvalue weighted by Crippen LogP contribution is 3.39. The second-order valence-electron chi connectivity index (χ2n) is 19.5. The molecule has 9 nitrogen and oxygen atoms in total. The van der Waals surface area contributed by atoms with Crippen molar-refractivity contribution in [3.63, 3.8) is 0 Å². The first-order valence-electron chi connectivity index (χ1n) is 24.4. The van der Waals surface area contributed by atoms with Crippen LogP contribution < -0.4 is 5.46 Å². The van der Waals surface area contributed by atoms with Crippen LogP contribution in [0.3, 0.4) is 0 Å². The van der Waals surface area contributed by atoms with Crippen molar-refractivity contribution < 1.29 is 28.1 Å². The number of nitrogens with zero attached hydrogens (tertiary/aromatic N) is 3. The molecule has 0 saturated carbocycles. The fourth-order valence-corrected chi connectivity index (χ4v) is 415. The molecule has 1 aliphatic heterocycles. The molecule has 0 spiro atoms. The molecular formula is C42H78BBrN3O6P31. The maximum Gasteiger partial charge on any atom is 0.494 e. The molecule has 2 aromatic heterocycles. The van der Waals surface area contributed by atoms with Gasteiger partial charge >= 0.3 is 13.1 Å². The molecule has 1 saturated heterocycles. The van der Waals surface area contributed by atoms with Gasteiger partial charge in [0.1, 0.15) is 11.8 Å². The van der Waals surface area contributed by atoms with Crippen molar-refractivity contribution in [3.8, 4) is 6.07 Å². The molecule has 0 N–H and O–H groups in total. The fraction of sp³-hybridized carbons (Fsp3) is 0.333. The SMILES string of the molecule is COC(=O)C(C)(C)c1cccc(B2OC(C)(C)C(C)(C)O2)c1.Cc1nc2ccccc2c(C(=O)N(Cc2ccc(Br)cc2)Cc2ccc(C#N)o2)c1C.PPP(P)P(P(P)P)P(P(P(P)P)P(P)P)P(P(P(P)P)P(P)P)P(P(P)P)P(P)P. The number of para-hydroxylation sites is 1. The first kappa shape index (κ1) is 85.0. The Balaban J connectivity index is 0.000000275. The van der Waals surface area contributed by atoms with E-state index in [9.17, 15) is 9.59 Å². The number of methoxy groups -OCH3 is 1. The lowest BCUT2D eigenvalue weighted by molar-refractivity contribution is -0.146. The minimum Gasteiger partial charge on any atom is -0.468 e. The number of amides is 1. The summed E-state index contributed by atoms with van der Waals surface area (Å²) in [6.45, 7) is 16.2. The van der Waals surface area contributed by atoms with Crippen LogP contribution in [0.15, 0.2) is 93.8 Å². The largest absolute Gasteiger partial charge is 0.494 e. The quantitative estimate of drug-likeness (QED) is 0.0382. The number of carbonyl (C=O) groups excluding carboxylic acids is 2. The maximum atomic E-state index is 13.9. The van der Waals surface area contributed by atoms with Gasteiger partial charge in [0.05, 0.1) is 41.4 Å². The van der Waals surface area contributed by atoms with Crippen LogP contribution in [0.1, 0.15) is 85.8 Å². The number of furan rings is 1. The summed E-state index contributed by atoms with van der Waals surface area (Å²) in [5, 5.41) is 9.91. The number of aromatic nitrogens is 1. The second kappa shape index (κ2) is 40.3. The van der Waals surface area contributed by atoms with Crippen LogP contribution >= 0.6 is 265 Å². The van der Waals surface area contributed by atoms with Crippen molar-refractivity contribution in [2.75, 3.05) is 7.11 Å². The Morgan fingerprint density at radius 3 is 1.63 bits per heavy atom. The third-order valence-corrected chi connectivity index (χ3v) is 219. The molecule has 0 bridgehead atoms. The van der Waals surface area contributed by atoms with Crippen LogP contribution in [0.5, 0.6) is 0 Å². The minimum absolute atomic E-state index is 0.0336. The summed E-state index contributed by atoms with van der Waals surface area (Å²) in [5.74, 6) is 0.428. The van der Waals surface area contributed by atoms with Crippen molar-refractivity contribution in [1.82, 2.24) is 9.88 Å². The third kappa shape index (κ3) is 24.1. The van der Waals surface area contributed by atoms with Gasteiger partial charge in [0.2, 0.25) is 5.76 Å². The molecule has 1 amide bonds. The molecule has 1 fully saturated rings. The van der Waals surface area contributed by atoms with Gasteiger partial charge in [0, 0.05) is 22.1 Å². The van der Waals surface area contributed by atoms with Crippen LogP contribution in [-0.2, 0) is 37.3 Å². The van der Waals surface area contributed by atoms with E-state index in [0.717, 1.165) is 51.2 Å². The summed E-state index contributed by atoms with van der Waals surface area (Å²) < 4.78 is 23.6. The summed E-state index contributed by atoms with van der Waals surface area (Å²) in [6.07, 6.45) is 0. The standard InChI is InChI=1S/C25H20BrN3O2.C17H25BO4.H33P31/c1-16-17(2)28-23-6-4-3-5-22(23)24(16)25(30)29(14-18-7-9-19(26)10-8-18)15-21-12-11-20(13-27)31-21;1-15(2,14(19)20-7)12-9-8-10-13(11-12)18-21-16(3,4)17(5,6)22-18;1-17-25(16)29(24(14)15)31(28(22(10)11)23(12)13)30(26(18(2)3)19(4)5)27(20(6)7)21(8)9/h3-12H,14-15H2,1-2H3;8-11H,1-7H3;17H,1-16H2. The number of benzene rings is 3. The van der Waals surface area contributed by atoms with E-state index in [4.69, 9.17) is 23.7 Å². The Labute approximate surface area is 564 Å². The zero-order chi connectivity index (χ0) is 63.5. The first-order chi connectivity index (χ1) is 39.1. The molecule has 462 valence electrons. The summed E-state index contributed by atoms with van der Waals surface area (Å²) in [5.41, 5.74) is 4.44. The Morgan fingerprint density at radius 2 is 1.18 bits per heavy atom. The third-order valence-electron chi connectivity index (χ3n) is 12.7. The predicted molar refractivity (Wildman–Crippen MR) is 470 cm³/mol. The molecule has 1 aliphatic rings. The monoisotopic (exact) mass is 1770 g/mol. The molecular weight excluding hydrogens is 1690 g/mol. The average Bonchev–Trinajstić information content (AvgIpc) is 1.48. The fourth-order valence-electron chi connectivity index (χ4n) is 7.69. The smallest absolute Gasteiger partial charge is 0.468 e. The number of aryl methyl sites for hydroxylation is 1. The number of halogens is 1. The average molecular weight is 1770 g/mol. The van der Waals surface area contributed by atoms with Crippen LogP contribution in [-0.4, -0.2) is 47.2 Å². The number of rotatable bonds is 22. The van der Waals surface area contributed by atoms with Crippen LogP contribution in [0.25, 0.3) is 10.9 Å². The van der Waals surface area contributed by atoms with Gasteiger partial charge < -0.3 is 23.4 Å². The number of esters is 1. The van der Waals surface area contributed by atoms with Crippen molar-refractivity contribution in [1.29, 1.82) is 5.26 Å². The van der Waals surface area contributed by atoms with Gasteiger partial charge in [-0.25, -0.2) is 0 Å². The molecule has 3 aromatic carbocycles. The van der Waals surface area contributed by atoms with Crippen molar-refractivity contribution in [2.45, 2.75) is 85.1 Å². The second-order valence-corrected chi connectivity index (χ2v) is 144. The Kier molecular flexibility index (Phi) is 40.8. The highest BCUT2D eigenvalue weighted by molar-refractivity contribution is 9.44. The number of ether oxygens (including phenoxy) is 1. The van der Waals surface area contributed by atoms with E-state index in [2.05, 4.69) is 164 Å². The Hall–Kier alpha value is 8.57. The van der Waals surface area contributed by atoms with Crippen LogP contribution in [0.4, 0.5) is 0 Å². The zero-order valence-corrected chi connectivity index (χ0v) is 81.3. The lowest BCUT2D eigenvalue weighted by atomic mass is 9.75. The van der Waals surface area contributed by atoms with E-state index in [0.29, 0.717) is 17.9 Å². The Morgan fingerprint density at radius 1 is 0.690 bits per heavy atom. The molecule has 0 aliphatic carbocycles. The van der Waals surface area contributed by atoms with Crippen LogP contribution in [0.2, 0.25) is 0 Å². The number of hydrogen-bond donors (Lipinski definition) is 0. The number of pyridine rings is 1. The van der Waals surface area contributed by atoms with Crippen molar-refractivity contribution in [2.24, 2.45) is 0 Å². The molecule has 3 heterocycles. The van der Waals surface area contributed by atoms with E-state index < -0.39 is 12.5 Å². The van der Waals surface area contributed by atoms with E-state index in [1.807, 2.05) is 134 Å². The van der Waals surface area contributed by atoms with Gasteiger partial charge in [0.15, 0.2) is 0 Å². The predicted octanol–water partition coefficient (Wildman–Crippen LogP) is 26.2. The van der Waals surface area contributed by atoms with Gasteiger partial charge in [-0.05, 0) is 206 Å². The van der Waals surface area contributed by atoms with Crippen molar-refractivity contribution >= 4 is 300 Å². The van der Waals surface area contributed by atoms with Gasteiger partial charge in [-0.15, -0.1) is 143 Å². The zero-order valence-electron chi connectivity index (χ0n) is 47.7. The lowest BCUT2D eigenvalue weighted by Gasteiger charge is -2.52. The highest BCUT2D eigenvalue weighted by Gasteiger charge is 2.53. The highest BCUT2D eigenvalue weighted by atomic mass is 79.9. The number of fused-ring (bicyclic) bond motifs is 1. The molecule has 5 aromatic rings. The molecule has 20 atom stereocenters. The normalized spacial score (nSPS) is 15.5. The summed E-state index contributed by atoms with van der Waals surface area (Å²) >= 11 is 3.45. The maximum absolute atomic E-state index is 13.9. The summed E-state index contributed by atoms with van der Waals surface area (Å²) in [6, 6.07) is 28.7. The van der Waals surface area contributed by atoms with E-state index in [-0.39, 0.29) is 133 Å². The van der Waals surface area contributed by atoms with E-state index in [1.54, 1.807) is 17.0 Å². The molecule has 84 heavy (non-hydrogen) atoms. The minimum atomic E-state index is -0.714. The lowest BCUT2D eigenvalue weighted by Crippen LogP contribution is -2.41. The summed E-state index contributed by atoms with van der Waals surface area (Å²) in [7, 11) is 54.8. The number of nitriles is 1. The van der Waals surface area contributed by atoms with Gasteiger partial charge in [-0.1, -0.05) is 78.5 Å². The van der Waals surface area contributed by atoms with Gasteiger partial charge in [0.25, 0.3) is 5.91 Å². The van der Waals surface area contributed by atoms with Gasteiger partial charge in [-0.3, -0.25) is 14.6 Å². The molecule has 6 rings (SSSR count). The number of hydrogen-bond acceptors (Lipinski definition) is 8. The molecule has 0 radical (unpaired) electrons.